The van der Waals surface area contributed by atoms with Crippen molar-refractivity contribution in [2.75, 3.05) is 20.2 Å². The third kappa shape index (κ3) is 3.51. The molecule has 2 heterocycles. The van der Waals surface area contributed by atoms with E-state index < -0.39 is 5.54 Å². The summed E-state index contributed by atoms with van der Waals surface area (Å²) in [5.74, 6) is 0.436. The zero-order valence-corrected chi connectivity index (χ0v) is 17.2. The largest absolute Gasteiger partial charge is 0.497 e. The number of ether oxygens (including phenoxy) is 1. The standard InChI is InChI=1S/C23H25N3O4/c1-16-14-18(30-2)8-9-19(16)20(27)25-12-10-23(11-13-25)21(28)26(22(29)24-23)15-17-6-4-3-5-7-17/h3-9,14H,10-13,15H2,1-2H3,(H,24,29). The second-order valence-corrected chi connectivity index (χ2v) is 7.86. The predicted octanol–water partition coefficient (Wildman–Crippen LogP) is 2.73. The van der Waals surface area contributed by atoms with Crippen molar-refractivity contribution < 1.29 is 19.1 Å². The maximum atomic E-state index is 13.1. The molecule has 30 heavy (non-hydrogen) atoms. The predicted molar refractivity (Wildman–Crippen MR) is 111 cm³/mol. The van der Waals surface area contributed by atoms with Gasteiger partial charge in [0.25, 0.3) is 11.8 Å². The summed E-state index contributed by atoms with van der Waals surface area (Å²) < 4.78 is 5.21. The summed E-state index contributed by atoms with van der Waals surface area (Å²) in [6, 6.07) is 14.5. The molecule has 0 atom stereocenters. The van der Waals surface area contributed by atoms with Crippen LogP contribution in [0.4, 0.5) is 4.79 Å². The number of rotatable bonds is 4. The van der Waals surface area contributed by atoms with Gasteiger partial charge in [0.2, 0.25) is 0 Å². The molecule has 1 spiro atoms. The van der Waals surface area contributed by atoms with Crippen LogP contribution >= 0.6 is 0 Å². The lowest BCUT2D eigenvalue weighted by atomic mass is 9.87. The number of carbonyl (C=O) groups excluding carboxylic acids is 3. The first kappa shape index (κ1) is 19.9. The lowest BCUT2D eigenvalue weighted by Crippen LogP contribution is -2.55. The minimum atomic E-state index is -0.919. The first-order chi connectivity index (χ1) is 14.4. The Morgan fingerprint density at radius 1 is 1.10 bits per heavy atom. The Hall–Kier alpha value is -3.35. The second kappa shape index (κ2) is 7.82. The zero-order valence-electron chi connectivity index (χ0n) is 17.2. The van der Waals surface area contributed by atoms with Crippen molar-refractivity contribution in [3.8, 4) is 5.75 Å². The normalized spacial score (nSPS) is 17.9. The Morgan fingerprint density at radius 2 is 1.80 bits per heavy atom. The summed E-state index contributed by atoms with van der Waals surface area (Å²) >= 11 is 0. The summed E-state index contributed by atoms with van der Waals surface area (Å²) in [7, 11) is 1.59. The van der Waals surface area contributed by atoms with E-state index in [0.717, 1.165) is 11.1 Å². The van der Waals surface area contributed by atoms with Gasteiger partial charge in [0.15, 0.2) is 0 Å². The number of benzene rings is 2. The van der Waals surface area contributed by atoms with Crippen LogP contribution in [0.3, 0.4) is 0 Å². The summed E-state index contributed by atoms with van der Waals surface area (Å²) in [6.07, 6.45) is 0.813. The SMILES string of the molecule is COc1ccc(C(=O)N2CCC3(CC2)NC(=O)N(Cc2ccccc2)C3=O)c(C)c1. The summed E-state index contributed by atoms with van der Waals surface area (Å²) in [6.45, 7) is 2.95. The van der Waals surface area contributed by atoms with Crippen molar-refractivity contribution in [2.45, 2.75) is 31.8 Å². The molecule has 2 aliphatic rings. The molecular formula is C23H25N3O4. The van der Waals surface area contributed by atoms with Crippen molar-refractivity contribution in [2.24, 2.45) is 0 Å². The molecule has 0 bridgehead atoms. The minimum absolute atomic E-state index is 0.0667. The minimum Gasteiger partial charge on any atom is -0.497 e. The van der Waals surface area contributed by atoms with Crippen molar-refractivity contribution >= 4 is 17.8 Å². The van der Waals surface area contributed by atoms with Crippen LogP contribution in [0.25, 0.3) is 0 Å². The van der Waals surface area contributed by atoms with Crippen LogP contribution in [0.2, 0.25) is 0 Å². The molecule has 156 valence electrons. The summed E-state index contributed by atoms with van der Waals surface area (Å²) in [5.41, 5.74) is 1.45. The van der Waals surface area contributed by atoms with E-state index in [0.29, 0.717) is 37.2 Å². The number of carbonyl (C=O) groups is 3. The topological polar surface area (TPSA) is 79.0 Å². The number of hydrogen-bond acceptors (Lipinski definition) is 4. The third-order valence-corrected chi connectivity index (χ3v) is 6.00. The fourth-order valence-corrected chi connectivity index (χ4v) is 4.19. The van der Waals surface area contributed by atoms with E-state index in [-0.39, 0.29) is 24.4 Å². The lowest BCUT2D eigenvalue weighted by Gasteiger charge is -2.37. The Labute approximate surface area is 175 Å². The van der Waals surface area contributed by atoms with E-state index in [1.54, 1.807) is 24.1 Å². The Balaban J connectivity index is 1.44. The average Bonchev–Trinajstić information content (AvgIpc) is 2.98. The first-order valence-electron chi connectivity index (χ1n) is 10.1. The van der Waals surface area contributed by atoms with Gasteiger partial charge in [-0.25, -0.2) is 4.79 Å². The number of nitrogens with zero attached hydrogens (tertiary/aromatic N) is 2. The second-order valence-electron chi connectivity index (χ2n) is 7.86. The van der Waals surface area contributed by atoms with Crippen molar-refractivity contribution in [1.82, 2.24) is 15.1 Å². The van der Waals surface area contributed by atoms with Gasteiger partial charge < -0.3 is 15.0 Å². The smallest absolute Gasteiger partial charge is 0.325 e. The number of nitrogens with one attached hydrogen (secondary N) is 1. The maximum Gasteiger partial charge on any atom is 0.325 e. The molecule has 0 aromatic heterocycles. The van der Waals surface area contributed by atoms with Crippen LogP contribution in [0.5, 0.6) is 5.75 Å². The monoisotopic (exact) mass is 407 g/mol. The summed E-state index contributed by atoms with van der Waals surface area (Å²) in [4.78, 5) is 41.6. The zero-order chi connectivity index (χ0) is 21.3. The van der Waals surface area contributed by atoms with Crippen LogP contribution in [-0.2, 0) is 11.3 Å². The van der Waals surface area contributed by atoms with Crippen LogP contribution in [0, 0.1) is 6.92 Å². The molecular weight excluding hydrogens is 382 g/mol. The van der Waals surface area contributed by atoms with Crippen LogP contribution in [0.15, 0.2) is 48.5 Å². The van der Waals surface area contributed by atoms with E-state index >= 15 is 0 Å². The molecule has 2 saturated heterocycles. The average molecular weight is 407 g/mol. The van der Waals surface area contributed by atoms with Crippen molar-refractivity contribution in [3.63, 3.8) is 0 Å². The Bertz CT molecular complexity index is 981. The Kier molecular flexibility index (Phi) is 5.20. The molecule has 2 fully saturated rings. The lowest BCUT2D eigenvalue weighted by molar-refractivity contribution is -0.133. The maximum absolute atomic E-state index is 13.1. The first-order valence-corrected chi connectivity index (χ1v) is 10.1. The molecule has 7 nitrogen and oxygen atoms in total. The van der Waals surface area contributed by atoms with Crippen molar-refractivity contribution in [1.29, 1.82) is 0 Å². The highest BCUT2D eigenvalue weighted by Crippen LogP contribution is 2.31. The fraction of sp³-hybridized carbons (Fsp3) is 0.348. The highest BCUT2D eigenvalue weighted by atomic mass is 16.5. The number of amides is 4. The number of piperidine rings is 1. The number of hydrogen-bond donors (Lipinski definition) is 1. The van der Waals surface area contributed by atoms with Gasteiger partial charge >= 0.3 is 6.03 Å². The van der Waals surface area contributed by atoms with Gasteiger partial charge in [0.05, 0.1) is 13.7 Å². The number of likely N-dealkylation sites (tertiary alicyclic amines) is 1. The van der Waals surface area contributed by atoms with Gasteiger partial charge in [0, 0.05) is 18.7 Å². The number of urea groups is 1. The van der Waals surface area contributed by atoms with Crippen LogP contribution in [0.1, 0.15) is 34.3 Å². The quantitative estimate of drug-likeness (QED) is 0.791. The number of methoxy groups -OCH3 is 1. The van der Waals surface area contributed by atoms with E-state index in [2.05, 4.69) is 5.32 Å². The van der Waals surface area contributed by atoms with Gasteiger partial charge in [0.1, 0.15) is 11.3 Å². The highest BCUT2D eigenvalue weighted by Gasteiger charge is 2.52. The molecule has 2 aromatic rings. The molecule has 4 amide bonds. The van der Waals surface area contributed by atoms with Crippen LogP contribution in [-0.4, -0.2) is 53.4 Å². The van der Waals surface area contributed by atoms with E-state index in [1.165, 1.54) is 4.90 Å². The molecule has 1 N–H and O–H groups in total. The summed E-state index contributed by atoms with van der Waals surface area (Å²) in [5, 5.41) is 2.90. The molecule has 0 saturated carbocycles. The molecule has 7 heteroatoms. The molecule has 2 aromatic carbocycles. The van der Waals surface area contributed by atoms with Gasteiger partial charge in [-0.2, -0.15) is 0 Å². The van der Waals surface area contributed by atoms with Crippen LogP contribution < -0.4 is 10.1 Å². The van der Waals surface area contributed by atoms with E-state index in [1.807, 2.05) is 43.3 Å². The Morgan fingerprint density at radius 3 is 2.43 bits per heavy atom. The molecule has 0 unspecified atom stereocenters. The number of imide groups is 1. The number of aryl methyl sites for hydroxylation is 1. The molecule has 0 aliphatic carbocycles. The van der Waals surface area contributed by atoms with E-state index in [4.69, 9.17) is 4.74 Å². The molecule has 2 aliphatic heterocycles. The van der Waals surface area contributed by atoms with Gasteiger partial charge in [-0.05, 0) is 49.1 Å². The van der Waals surface area contributed by atoms with Gasteiger partial charge in [-0.1, -0.05) is 30.3 Å². The van der Waals surface area contributed by atoms with Gasteiger partial charge in [-0.15, -0.1) is 0 Å². The third-order valence-electron chi connectivity index (χ3n) is 6.00. The van der Waals surface area contributed by atoms with Gasteiger partial charge in [-0.3, -0.25) is 14.5 Å². The van der Waals surface area contributed by atoms with E-state index in [9.17, 15) is 14.4 Å². The highest BCUT2D eigenvalue weighted by molar-refractivity contribution is 6.07. The molecule has 4 rings (SSSR count). The van der Waals surface area contributed by atoms with Crippen molar-refractivity contribution in [3.05, 3.63) is 65.2 Å². The molecule has 0 radical (unpaired) electrons. The fourth-order valence-electron chi connectivity index (χ4n) is 4.19.